The molecule has 0 aromatic rings. The van der Waals surface area contributed by atoms with E-state index in [1.54, 1.807) is 0 Å². The van der Waals surface area contributed by atoms with E-state index in [0.717, 1.165) is 0 Å². The average Bonchev–Trinajstić information content (AvgIpc) is 2.63. The Labute approximate surface area is 176 Å². The van der Waals surface area contributed by atoms with Crippen LogP contribution in [0.5, 0.6) is 0 Å². The van der Waals surface area contributed by atoms with Crippen LogP contribution >= 0.6 is 11.8 Å². The van der Waals surface area contributed by atoms with Crippen LogP contribution in [0, 0.1) is 0 Å². The number of nitrogens with one attached hydrogen (secondary N) is 3. The van der Waals surface area contributed by atoms with Gasteiger partial charge >= 0.3 is 11.9 Å². The van der Waals surface area contributed by atoms with Gasteiger partial charge in [0.2, 0.25) is 23.6 Å². The first-order chi connectivity index (χ1) is 13.9. The number of carbonyl (C=O) groups is 6. The molecule has 0 aliphatic rings. The Bertz CT molecular complexity index is 674. The minimum absolute atomic E-state index is 0.383. The topological polar surface area (TPSA) is 231 Å². The molecular formula is C16H27N5O8S. The van der Waals surface area contributed by atoms with Crippen LogP contribution in [-0.2, 0) is 28.8 Å². The maximum atomic E-state index is 12.3. The number of hydrogen-bond acceptors (Lipinski definition) is 8. The van der Waals surface area contributed by atoms with Gasteiger partial charge in [-0.05, 0) is 25.4 Å². The fourth-order valence-electron chi connectivity index (χ4n) is 2.12. The number of carboxylic acids is 2. The Morgan fingerprint density at radius 1 is 0.900 bits per heavy atom. The van der Waals surface area contributed by atoms with Crippen LogP contribution < -0.4 is 27.4 Å². The third-order valence-corrected chi connectivity index (χ3v) is 4.40. The Kier molecular flexibility index (Phi) is 12.1. The molecule has 0 rings (SSSR count). The van der Waals surface area contributed by atoms with E-state index < -0.39 is 72.6 Å². The van der Waals surface area contributed by atoms with Crippen LogP contribution in [0.4, 0.5) is 0 Å². The second-order valence-corrected chi connectivity index (χ2v) is 7.33. The highest BCUT2D eigenvalue weighted by Gasteiger charge is 2.30. The number of amides is 4. The summed E-state index contributed by atoms with van der Waals surface area (Å²) >= 11 is 1.49. The van der Waals surface area contributed by atoms with Gasteiger partial charge in [0.25, 0.3) is 0 Å². The summed E-state index contributed by atoms with van der Waals surface area (Å²) in [6.45, 7) is 1.32. The number of rotatable bonds is 14. The molecule has 0 aromatic heterocycles. The number of nitrogens with two attached hydrogens (primary N) is 2. The van der Waals surface area contributed by atoms with Gasteiger partial charge in [0, 0.05) is 0 Å². The van der Waals surface area contributed by atoms with Crippen molar-refractivity contribution in [1.29, 1.82) is 0 Å². The molecule has 30 heavy (non-hydrogen) atoms. The molecule has 0 aliphatic carbocycles. The van der Waals surface area contributed by atoms with Crippen molar-refractivity contribution < 1.29 is 39.0 Å². The van der Waals surface area contributed by atoms with Crippen molar-refractivity contribution >= 4 is 47.3 Å². The number of hydrogen-bond donors (Lipinski definition) is 7. The van der Waals surface area contributed by atoms with Crippen molar-refractivity contribution in [2.45, 2.75) is 50.4 Å². The Balaban J connectivity index is 5.09. The Morgan fingerprint density at radius 2 is 1.47 bits per heavy atom. The first-order valence-electron chi connectivity index (χ1n) is 8.77. The molecule has 0 heterocycles. The summed E-state index contributed by atoms with van der Waals surface area (Å²) in [5.74, 6) is -6.00. The lowest BCUT2D eigenvalue weighted by Crippen LogP contribution is -2.57. The molecule has 4 atom stereocenters. The lowest BCUT2D eigenvalue weighted by molar-refractivity contribution is -0.147. The monoisotopic (exact) mass is 449 g/mol. The third-order valence-electron chi connectivity index (χ3n) is 3.75. The van der Waals surface area contributed by atoms with Gasteiger partial charge in [-0.15, -0.1) is 0 Å². The van der Waals surface area contributed by atoms with Crippen LogP contribution in [0.2, 0.25) is 0 Å². The SMILES string of the molecule is CSCCC(N)C(=O)NC(C)C(=O)NC(CC(N)=O)C(=O)NC(CC(=O)O)C(=O)O. The molecule has 170 valence electrons. The fourth-order valence-corrected chi connectivity index (χ4v) is 2.61. The summed E-state index contributed by atoms with van der Waals surface area (Å²) in [5, 5.41) is 24.2. The highest BCUT2D eigenvalue weighted by molar-refractivity contribution is 7.98. The van der Waals surface area contributed by atoms with Crippen LogP contribution in [0.15, 0.2) is 0 Å². The van der Waals surface area contributed by atoms with Gasteiger partial charge in [0.15, 0.2) is 0 Å². The number of carboxylic acid groups (broad SMARTS) is 2. The van der Waals surface area contributed by atoms with E-state index in [2.05, 4.69) is 10.6 Å². The van der Waals surface area contributed by atoms with Crippen molar-refractivity contribution in [2.75, 3.05) is 12.0 Å². The van der Waals surface area contributed by atoms with Gasteiger partial charge in [0.1, 0.15) is 18.1 Å². The molecule has 0 saturated heterocycles. The van der Waals surface area contributed by atoms with E-state index in [0.29, 0.717) is 12.2 Å². The van der Waals surface area contributed by atoms with Crippen molar-refractivity contribution in [2.24, 2.45) is 11.5 Å². The summed E-state index contributed by atoms with van der Waals surface area (Å²) in [7, 11) is 0. The summed E-state index contributed by atoms with van der Waals surface area (Å²) in [4.78, 5) is 69.6. The second-order valence-electron chi connectivity index (χ2n) is 6.35. The molecule has 0 aromatic carbocycles. The quantitative estimate of drug-likeness (QED) is 0.142. The second kappa shape index (κ2) is 13.4. The van der Waals surface area contributed by atoms with Crippen molar-refractivity contribution in [1.82, 2.24) is 16.0 Å². The highest BCUT2D eigenvalue weighted by Crippen LogP contribution is 2.01. The predicted octanol–water partition coefficient (Wildman–Crippen LogP) is -3.02. The zero-order valence-corrected chi connectivity index (χ0v) is 17.4. The molecule has 4 amide bonds. The van der Waals surface area contributed by atoms with Crippen molar-refractivity contribution in [3.05, 3.63) is 0 Å². The lowest BCUT2D eigenvalue weighted by Gasteiger charge is -2.22. The largest absolute Gasteiger partial charge is 0.481 e. The van der Waals surface area contributed by atoms with E-state index in [-0.39, 0.29) is 0 Å². The first-order valence-corrected chi connectivity index (χ1v) is 10.2. The fraction of sp³-hybridized carbons (Fsp3) is 0.625. The zero-order chi connectivity index (χ0) is 23.4. The van der Waals surface area contributed by atoms with Gasteiger partial charge < -0.3 is 37.6 Å². The standard InChI is InChI=1S/C16H27N5O8S/c1-7(19-14(26)8(17)3-4-30-2)13(25)20-9(5-11(18)22)15(27)21-10(16(28)29)6-12(23)24/h7-10H,3-6,17H2,1-2H3,(H2,18,22)(H,19,26)(H,20,25)(H,21,27)(H,23,24)(H,28,29). The van der Waals surface area contributed by atoms with E-state index in [1.807, 2.05) is 11.6 Å². The van der Waals surface area contributed by atoms with E-state index in [9.17, 15) is 28.8 Å². The molecule has 13 nitrogen and oxygen atoms in total. The molecule has 0 aliphatic heterocycles. The van der Waals surface area contributed by atoms with Crippen molar-refractivity contribution in [3.8, 4) is 0 Å². The van der Waals surface area contributed by atoms with Crippen LogP contribution in [0.1, 0.15) is 26.2 Å². The predicted molar refractivity (Wildman–Crippen MR) is 106 cm³/mol. The van der Waals surface area contributed by atoms with Crippen molar-refractivity contribution in [3.63, 3.8) is 0 Å². The van der Waals surface area contributed by atoms with Gasteiger partial charge in [-0.2, -0.15) is 11.8 Å². The van der Waals surface area contributed by atoms with Crippen LogP contribution in [0.3, 0.4) is 0 Å². The number of aliphatic carboxylic acids is 2. The molecular weight excluding hydrogens is 422 g/mol. The highest BCUT2D eigenvalue weighted by atomic mass is 32.2. The Hall–Kier alpha value is -2.87. The zero-order valence-electron chi connectivity index (χ0n) is 16.5. The molecule has 0 fully saturated rings. The smallest absolute Gasteiger partial charge is 0.326 e. The minimum Gasteiger partial charge on any atom is -0.481 e. The normalized spacial score (nSPS) is 14.5. The summed E-state index contributed by atoms with van der Waals surface area (Å²) in [6.07, 6.45) is 0.633. The summed E-state index contributed by atoms with van der Waals surface area (Å²) in [5.41, 5.74) is 10.8. The maximum Gasteiger partial charge on any atom is 0.326 e. The lowest BCUT2D eigenvalue weighted by atomic mass is 10.1. The molecule has 0 radical (unpaired) electrons. The van der Waals surface area contributed by atoms with Gasteiger partial charge in [-0.3, -0.25) is 24.0 Å². The summed E-state index contributed by atoms with van der Waals surface area (Å²) in [6, 6.07) is -5.33. The first kappa shape index (κ1) is 27.1. The van der Waals surface area contributed by atoms with Gasteiger partial charge in [-0.1, -0.05) is 0 Å². The molecule has 0 spiro atoms. The summed E-state index contributed by atoms with van der Waals surface area (Å²) < 4.78 is 0. The van der Waals surface area contributed by atoms with Crippen LogP contribution in [0.25, 0.3) is 0 Å². The minimum atomic E-state index is -1.78. The number of primary amides is 1. The average molecular weight is 449 g/mol. The third kappa shape index (κ3) is 10.6. The molecule has 4 unspecified atom stereocenters. The van der Waals surface area contributed by atoms with Gasteiger partial charge in [0.05, 0.1) is 18.9 Å². The van der Waals surface area contributed by atoms with E-state index in [1.165, 1.54) is 18.7 Å². The Morgan fingerprint density at radius 3 is 1.93 bits per heavy atom. The molecule has 0 saturated carbocycles. The molecule has 14 heteroatoms. The maximum absolute atomic E-state index is 12.3. The molecule has 0 bridgehead atoms. The van der Waals surface area contributed by atoms with Gasteiger partial charge in [-0.25, -0.2) is 4.79 Å². The molecule has 9 N–H and O–H groups in total. The number of carbonyl (C=O) groups excluding carboxylic acids is 4. The van der Waals surface area contributed by atoms with Crippen LogP contribution in [-0.4, -0.2) is 82.0 Å². The van der Waals surface area contributed by atoms with E-state index in [4.69, 9.17) is 21.7 Å². The van der Waals surface area contributed by atoms with E-state index >= 15 is 0 Å². The number of thioether (sulfide) groups is 1.